The predicted molar refractivity (Wildman–Crippen MR) is 78.7 cm³/mol. The average molecular weight is 320 g/mol. The van der Waals surface area contributed by atoms with Crippen molar-refractivity contribution in [3.8, 4) is 0 Å². The molecule has 0 spiro atoms. The van der Waals surface area contributed by atoms with Crippen LogP contribution in [0.2, 0.25) is 5.02 Å². The van der Waals surface area contributed by atoms with Gasteiger partial charge in [0.15, 0.2) is 0 Å². The van der Waals surface area contributed by atoms with Crippen LogP contribution >= 0.6 is 11.6 Å². The minimum Gasteiger partial charge on any atom is -0.334 e. The number of urea groups is 1. The van der Waals surface area contributed by atoms with Crippen molar-refractivity contribution in [2.45, 2.75) is 13.0 Å². The molecule has 20 heavy (non-hydrogen) atoms. The van der Waals surface area contributed by atoms with Gasteiger partial charge in [0.1, 0.15) is 5.02 Å². The smallest absolute Gasteiger partial charge is 0.319 e. The number of carbonyl (C=O) groups is 1. The Hall–Kier alpha value is -1.67. The van der Waals surface area contributed by atoms with Crippen molar-refractivity contribution in [2.24, 2.45) is 0 Å². The fraction of sp³-hybridized carbons (Fsp3) is 0.364. The Balaban J connectivity index is 2.65. The van der Waals surface area contributed by atoms with Gasteiger partial charge in [-0.3, -0.25) is 14.3 Å². The lowest BCUT2D eigenvalue weighted by atomic mass is 10.3. The second-order valence-corrected chi connectivity index (χ2v) is 6.05. The second-order valence-electron chi connectivity index (χ2n) is 4.16. The summed E-state index contributed by atoms with van der Waals surface area (Å²) >= 11 is 5.73. The third kappa shape index (κ3) is 5.14. The highest BCUT2D eigenvalue weighted by Gasteiger charge is 2.14. The van der Waals surface area contributed by atoms with E-state index in [0.29, 0.717) is 11.4 Å². The van der Waals surface area contributed by atoms with E-state index in [1.54, 1.807) is 13.2 Å². The third-order valence-electron chi connectivity index (χ3n) is 2.26. The van der Waals surface area contributed by atoms with E-state index in [9.17, 15) is 19.1 Å². The van der Waals surface area contributed by atoms with Crippen LogP contribution in [-0.2, 0) is 10.8 Å². The molecule has 2 N–H and O–H groups in total. The first-order valence-corrected chi connectivity index (χ1v) is 7.71. The Kier molecular flexibility index (Phi) is 5.90. The largest absolute Gasteiger partial charge is 0.334 e. The number of hydrogen-bond acceptors (Lipinski definition) is 4. The van der Waals surface area contributed by atoms with Gasteiger partial charge in [-0.25, -0.2) is 4.79 Å². The Morgan fingerprint density at radius 2 is 2.20 bits per heavy atom. The van der Waals surface area contributed by atoms with Crippen LogP contribution < -0.4 is 10.6 Å². The van der Waals surface area contributed by atoms with Crippen LogP contribution in [0.5, 0.6) is 0 Å². The quantitative estimate of drug-likeness (QED) is 0.641. The van der Waals surface area contributed by atoms with Crippen LogP contribution in [0.1, 0.15) is 6.92 Å². The maximum Gasteiger partial charge on any atom is 0.319 e. The number of anilines is 1. The topological polar surface area (TPSA) is 101 Å². The van der Waals surface area contributed by atoms with Crippen LogP contribution in [0.25, 0.3) is 0 Å². The van der Waals surface area contributed by atoms with Crippen molar-refractivity contribution in [1.82, 2.24) is 5.32 Å². The molecule has 9 heteroatoms. The molecular formula is C11H14ClN3O4S. The molecule has 1 rings (SSSR count). The number of nitro benzene ring substituents is 1. The van der Waals surface area contributed by atoms with Crippen LogP contribution in [0, 0.1) is 10.1 Å². The van der Waals surface area contributed by atoms with Crippen molar-refractivity contribution in [3.05, 3.63) is 33.3 Å². The van der Waals surface area contributed by atoms with E-state index in [1.807, 2.05) is 0 Å². The van der Waals surface area contributed by atoms with Crippen LogP contribution in [0.4, 0.5) is 16.2 Å². The number of nitro groups is 1. The van der Waals surface area contributed by atoms with Gasteiger partial charge in [0.05, 0.1) is 4.92 Å². The van der Waals surface area contributed by atoms with Crippen molar-refractivity contribution >= 4 is 39.8 Å². The number of benzene rings is 1. The lowest BCUT2D eigenvalue weighted by Crippen LogP contribution is -2.39. The van der Waals surface area contributed by atoms with E-state index in [2.05, 4.69) is 10.6 Å². The number of rotatable bonds is 5. The van der Waals surface area contributed by atoms with Crippen LogP contribution in [0.15, 0.2) is 18.2 Å². The van der Waals surface area contributed by atoms with E-state index in [4.69, 9.17) is 11.6 Å². The van der Waals surface area contributed by atoms with E-state index in [0.717, 1.165) is 0 Å². The summed E-state index contributed by atoms with van der Waals surface area (Å²) in [6.07, 6.45) is 1.55. The lowest BCUT2D eigenvalue weighted by Gasteiger charge is -2.13. The fourth-order valence-corrected chi connectivity index (χ4v) is 2.55. The molecule has 0 saturated carbocycles. The predicted octanol–water partition coefficient (Wildman–Crippen LogP) is 2.14. The fourth-order valence-electron chi connectivity index (χ4n) is 1.52. The highest BCUT2D eigenvalue weighted by molar-refractivity contribution is 7.84. The Bertz CT molecular complexity index is 552. The van der Waals surface area contributed by atoms with Gasteiger partial charge in [-0.15, -0.1) is 0 Å². The molecule has 0 heterocycles. The average Bonchev–Trinajstić information content (AvgIpc) is 2.26. The van der Waals surface area contributed by atoms with Gasteiger partial charge in [-0.1, -0.05) is 11.6 Å². The molecule has 0 aromatic heterocycles. The molecular weight excluding hydrogens is 306 g/mol. The molecule has 1 aromatic rings. The Morgan fingerprint density at radius 1 is 1.55 bits per heavy atom. The molecule has 0 saturated heterocycles. The molecule has 0 aliphatic rings. The molecule has 2 atom stereocenters. The first kappa shape index (κ1) is 16.4. The lowest BCUT2D eigenvalue weighted by molar-refractivity contribution is -0.384. The van der Waals surface area contributed by atoms with Gasteiger partial charge >= 0.3 is 6.03 Å². The van der Waals surface area contributed by atoms with E-state index >= 15 is 0 Å². The number of amides is 2. The van der Waals surface area contributed by atoms with Gasteiger partial charge in [0, 0.05) is 40.6 Å². The highest BCUT2D eigenvalue weighted by atomic mass is 35.5. The molecule has 7 nitrogen and oxygen atoms in total. The minimum absolute atomic E-state index is 0.0597. The highest BCUT2D eigenvalue weighted by Crippen LogP contribution is 2.27. The second kappa shape index (κ2) is 7.20. The molecule has 110 valence electrons. The van der Waals surface area contributed by atoms with Gasteiger partial charge in [-0.05, 0) is 19.1 Å². The maximum atomic E-state index is 11.6. The zero-order chi connectivity index (χ0) is 15.3. The number of halogens is 1. The van der Waals surface area contributed by atoms with Gasteiger partial charge in [0.25, 0.3) is 5.69 Å². The van der Waals surface area contributed by atoms with Crippen molar-refractivity contribution in [2.75, 3.05) is 17.3 Å². The first-order valence-electron chi connectivity index (χ1n) is 5.61. The molecule has 0 aliphatic heterocycles. The number of hydrogen-bond donors (Lipinski definition) is 2. The van der Waals surface area contributed by atoms with E-state index < -0.39 is 21.8 Å². The van der Waals surface area contributed by atoms with Crippen LogP contribution in [0.3, 0.4) is 0 Å². The normalized spacial score (nSPS) is 13.3. The molecule has 0 aliphatic carbocycles. The van der Waals surface area contributed by atoms with E-state index in [1.165, 1.54) is 18.2 Å². The molecule has 0 bridgehead atoms. The standard InChI is InChI=1S/C11H14ClN3O4S/c1-7(6-20(2)19)13-11(16)14-8-3-4-10(15(17)18)9(12)5-8/h3-5,7H,6H2,1-2H3,(H2,13,14,16)/t7-,20-/m1/s1. The summed E-state index contributed by atoms with van der Waals surface area (Å²) in [5, 5.41) is 15.6. The van der Waals surface area contributed by atoms with Crippen LogP contribution in [-0.4, -0.2) is 33.2 Å². The summed E-state index contributed by atoms with van der Waals surface area (Å²) in [7, 11) is -1.01. The summed E-state index contributed by atoms with van der Waals surface area (Å²) in [5.74, 6) is 0.342. The minimum atomic E-state index is -1.01. The Morgan fingerprint density at radius 3 is 2.70 bits per heavy atom. The Labute approximate surface area is 123 Å². The first-order chi connectivity index (χ1) is 9.29. The van der Waals surface area contributed by atoms with Gasteiger partial charge in [-0.2, -0.15) is 0 Å². The van der Waals surface area contributed by atoms with Crippen molar-refractivity contribution < 1.29 is 13.9 Å². The zero-order valence-corrected chi connectivity index (χ0v) is 12.5. The summed E-state index contributed by atoms with van der Waals surface area (Å²) in [5.41, 5.74) is 0.107. The third-order valence-corrected chi connectivity index (χ3v) is 3.54. The summed E-state index contributed by atoms with van der Waals surface area (Å²) in [6.45, 7) is 1.73. The molecule has 0 fully saturated rings. The van der Waals surface area contributed by atoms with E-state index in [-0.39, 0.29) is 16.8 Å². The van der Waals surface area contributed by atoms with Gasteiger partial charge in [0.2, 0.25) is 0 Å². The molecule has 0 unspecified atom stereocenters. The molecule has 2 amide bonds. The SMILES string of the molecule is C[C@H](C[S@@](C)=O)NC(=O)Nc1ccc([N+](=O)[O-])c(Cl)c1. The maximum absolute atomic E-state index is 11.6. The zero-order valence-electron chi connectivity index (χ0n) is 10.9. The monoisotopic (exact) mass is 319 g/mol. The molecule has 0 radical (unpaired) electrons. The number of nitrogens with one attached hydrogen (secondary N) is 2. The van der Waals surface area contributed by atoms with Gasteiger partial charge < -0.3 is 10.6 Å². The summed E-state index contributed by atoms with van der Waals surface area (Å²) < 4.78 is 11.0. The van der Waals surface area contributed by atoms with Crippen molar-refractivity contribution in [1.29, 1.82) is 0 Å². The van der Waals surface area contributed by atoms with Crippen molar-refractivity contribution in [3.63, 3.8) is 0 Å². The summed E-state index contributed by atoms with van der Waals surface area (Å²) in [6, 6.07) is 3.14. The summed E-state index contributed by atoms with van der Waals surface area (Å²) in [4.78, 5) is 21.6. The molecule has 1 aromatic carbocycles. The number of carbonyl (C=O) groups excluding carboxylic acids is 1. The number of nitrogens with zero attached hydrogens (tertiary/aromatic N) is 1.